The number of pyridine rings is 1. The number of hydrogen-bond acceptors (Lipinski definition) is 5. The van der Waals surface area contributed by atoms with Crippen LogP contribution in [0.2, 0.25) is 0 Å². The third kappa shape index (κ3) is 3.55. The molecule has 1 fully saturated rings. The molecular formula is C16H22N2O4. The second-order valence-corrected chi connectivity index (χ2v) is 6.32. The Labute approximate surface area is 130 Å². The summed E-state index contributed by atoms with van der Waals surface area (Å²) in [5.74, 6) is -0.534. The number of carbonyl (C=O) groups excluding carboxylic acids is 2. The van der Waals surface area contributed by atoms with Gasteiger partial charge in [-0.3, -0.25) is 9.88 Å². The number of aromatic nitrogens is 1. The SMILES string of the molecule is COC(=O)[C@H]1[C@@H](c2ccncc2)CCN1C(=O)OC(C)(C)C. The van der Waals surface area contributed by atoms with Gasteiger partial charge in [-0.1, -0.05) is 0 Å². The van der Waals surface area contributed by atoms with Crippen LogP contribution in [0.1, 0.15) is 38.7 Å². The van der Waals surface area contributed by atoms with E-state index in [1.807, 2.05) is 12.1 Å². The number of ether oxygens (including phenoxy) is 2. The van der Waals surface area contributed by atoms with Gasteiger partial charge in [0.2, 0.25) is 0 Å². The van der Waals surface area contributed by atoms with Gasteiger partial charge in [-0.05, 0) is 44.9 Å². The number of rotatable bonds is 2. The number of amides is 1. The van der Waals surface area contributed by atoms with E-state index in [0.717, 1.165) is 5.56 Å². The molecule has 0 radical (unpaired) electrons. The zero-order valence-electron chi connectivity index (χ0n) is 13.4. The smallest absolute Gasteiger partial charge is 0.411 e. The second kappa shape index (κ2) is 6.34. The number of methoxy groups -OCH3 is 1. The Morgan fingerprint density at radius 2 is 1.91 bits per heavy atom. The van der Waals surface area contributed by atoms with Gasteiger partial charge in [0.1, 0.15) is 11.6 Å². The molecule has 1 aromatic heterocycles. The largest absolute Gasteiger partial charge is 0.467 e. The van der Waals surface area contributed by atoms with Crippen molar-refractivity contribution < 1.29 is 19.1 Å². The van der Waals surface area contributed by atoms with Crippen molar-refractivity contribution in [3.05, 3.63) is 30.1 Å². The van der Waals surface area contributed by atoms with Crippen LogP contribution in [0.3, 0.4) is 0 Å². The molecule has 0 aromatic carbocycles. The maximum absolute atomic E-state index is 12.4. The molecule has 120 valence electrons. The van der Waals surface area contributed by atoms with E-state index in [9.17, 15) is 9.59 Å². The molecule has 0 bridgehead atoms. The fourth-order valence-electron chi connectivity index (χ4n) is 2.69. The molecule has 6 heteroatoms. The molecule has 1 amide bonds. The molecule has 2 heterocycles. The first kappa shape index (κ1) is 16.3. The number of carbonyl (C=O) groups is 2. The Morgan fingerprint density at radius 3 is 2.45 bits per heavy atom. The minimum atomic E-state index is -0.665. The van der Waals surface area contributed by atoms with E-state index in [-0.39, 0.29) is 5.92 Å². The predicted molar refractivity (Wildman–Crippen MR) is 80.3 cm³/mol. The Bertz CT molecular complexity index is 539. The third-order valence-electron chi connectivity index (χ3n) is 3.60. The molecular weight excluding hydrogens is 284 g/mol. The molecule has 1 aliphatic heterocycles. The highest BCUT2D eigenvalue weighted by Crippen LogP contribution is 2.34. The van der Waals surface area contributed by atoms with Crippen molar-refractivity contribution in [1.82, 2.24) is 9.88 Å². The van der Waals surface area contributed by atoms with Crippen LogP contribution in [0, 0.1) is 0 Å². The molecule has 0 saturated carbocycles. The summed E-state index contributed by atoms with van der Waals surface area (Å²) in [6.07, 6.45) is 3.56. The summed E-state index contributed by atoms with van der Waals surface area (Å²) in [6.45, 7) is 5.86. The lowest BCUT2D eigenvalue weighted by Gasteiger charge is -2.29. The van der Waals surface area contributed by atoms with Gasteiger partial charge in [-0.15, -0.1) is 0 Å². The third-order valence-corrected chi connectivity index (χ3v) is 3.60. The maximum atomic E-state index is 12.4. The molecule has 1 saturated heterocycles. The predicted octanol–water partition coefficient (Wildman–Crippen LogP) is 2.35. The van der Waals surface area contributed by atoms with Gasteiger partial charge in [0.25, 0.3) is 0 Å². The quantitative estimate of drug-likeness (QED) is 0.785. The van der Waals surface area contributed by atoms with Crippen molar-refractivity contribution in [3.8, 4) is 0 Å². The number of hydrogen-bond donors (Lipinski definition) is 0. The van der Waals surface area contributed by atoms with Crippen LogP contribution in [-0.2, 0) is 14.3 Å². The standard InChI is InChI=1S/C16H22N2O4/c1-16(2,3)22-15(20)18-10-7-12(13(18)14(19)21-4)11-5-8-17-9-6-11/h5-6,8-9,12-13H,7,10H2,1-4H3/t12-,13-/m1/s1. The minimum absolute atomic E-state index is 0.108. The highest BCUT2D eigenvalue weighted by molar-refractivity contribution is 5.83. The Hall–Kier alpha value is -2.11. The van der Waals surface area contributed by atoms with E-state index in [1.165, 1.54) is 12.0 Å². The van der Waals surface area contributed by atoms with Gasteiger partial charge in [-0.25, -0.2) is 9.59 Å². The molecule has 0 aliphatic carbocycles. The Morgan fingerprint density at radius 1 is 1.27 bits per heavy atom. The summed E-state index contributed by atoms with van der Waals surface area (Å²) >= 11 is 0. The fraction of sp³-hybridized carbons (Fsp3) is 0.562. The van der Waals surface area contributed by atoms with Crippen LogP contribution in [-0.4, -0.2) is 47.2 Å². The van der Waals surface area contributed by atoms with Crippen molar-refractivity contribution in [2.45, 2.75) is 44.8 Å². The van der Waals surface area contributed by atoms with Crippen LogP contribution >= 0.6 is 0 Å². The first-order valence-corrected chi connectivity index (χ1v) is 7.31. The summed E-state index contributed by atoms with van der Waals surface area (Å²) in [5, 5.41) is 0. The van der Waals surface area contributed by atoms with Crippen molar-refractivity contribution >= 4 is 12.1 Å². The number of likely N-dealkylation sites (tertiary alicyclic amines) is 1. The zero-order chi connectivity index (χ0) is 16.3. The first-order valence-electron chi connectivity index (χ1n) is 7.31. The lowest BCUT2D eigenvalue weighted by Crippen LogP contribution is -2.45. The Kier molecular flexibility index (Phi) is 4.68. The number of esters is 1. The van der Waals surface area contributed by atoms with Gasteiger partial charge in [-0.2, -0.15) is 0 Å². The summed E-state index contributed by atoms with van der Waals surface area (Å²) in [6, 6.07) is 3.06. The molecule has 6 nitrogen and oxygen atoms in total. The van der Waals surface area contributed by atoms with Crippen molar-refractivity contribution in [2.24, 2.45) is 0 Å². The summed E-state index contributed by atoms with van der Waals surface area (Å²) in [5.41, 5.74) is 0.364. The van der Waals surface area contributed by atoms with Crippen LogP contribution in [0.5, 0.6) is 0 Å². The average molecular weight is 306 g/mol. The van der Waals surface area contributed by atoms with Gasteiger partial charge < -0.3 is 9.47 Å². The summed E-state index contributed by atoms with van der Waals surface area (Å²) in [4.78, 5) is 30.0. The van der Waals surface area contributed by atoms with Crippen LogP contribution in [0.4, 0.5) is 4.79 Å². The van der Waals surface area contributed by atoms with Crippen LogP contribution in [0.25, 0.3) is 0 Å². The van der Waals surface area contributed by atoms with E-state index in [1.54, 1.807) is 33.2 Å². The van der Waals surface area contributed by atoms with Gasteiger partial charge in [0, 0.05) is 24.9 Å². The van der Waals surface area contributed by atoms with E-state index in [0.29, 0.717) is 13.0 Å². The zero-order valence-corrected chi connectivity index (χ0v) is 13.4. The van der Waals surface area contributed by atoms with Gasteiger partial charge in [0.05, 0.1) is 7.11 Å². The molecule has 0 N–H and O–H groups in total. The molecule has 0 spiro atoms. The van der Waals surface area contributed by atoms with E-state index < -0.39 is 23.7 Å². The summed E-state index contributed by atoms with van der Waals surface area (Å²) in [7, 11) is 1.33. The minimum Gasteiger partial charge on any atom is -0.467 e. The van der Waals surface area contributed by atoms with Gasteiger partial charge in [0.15, 0.2) is 0 Å². The lowest BCUT2D eigenvalue weighted by molar-refractivity contribution is -0.146. The maximum Gasteiger partial charge on any atom is 0.411 e. The van der Waals surface area contributed by atoms with Crippen LogP contribution < -0.4 is 0 Å². The number of nitrogens with zero attached hydrogens (tertiary/aromatic N) is 2. The highest BCUT2D eigenvalue weighted by Gasteiger charge is 2.44. The molecule has 2 atom stereocenters. The normalized spacial score (nSPS) is 21.5. The summed E-state index contributed by atoms with van der Waals surface area (Å²) < 4.78 is 10.3. The van der Waals surface area contributed by atoms with E-state index in [2.05, 4.69) is 4.98 Å². The average Bonchev–Trinajstić information content (AvgIpc) is 2.90. The van der Waals surface area contributed by atoms with Gasteiger partial charge >= 0.3 is 12.1 Å². The van der Waals surface area contributed by atoms with Crippen molar-refractivity contribution in [3.63, 3.8) is 0 Å². The van der Waals surface area contributed by atoms with E-state index >= 15 is 0 Å². The fourth-order valence-corrected chi connectivity index (χ4v) is 2.69. The monoisotopic (exact) mass is 306 g/mol. The topological polar surface area (TPSA) is 68.7 Å². The molecule has 1 aromatic rings. The molecule has 22 heavy (non-hydrogen) atoms. The Balaban J connectivity index is 2.25. The molecule has 2 rings (SSSR count). The molecule has 1 aliphatic rings. The van der Waals surface area contributed by atoms with Crippen molar-refractivity contribution in [1.29, 1.82) is 0 Å². The van der Waals surface area contributed by atoms with Crippen molar-refractivity contribution in [2.75, 3.05) is 13.7 Å². The molecule has 0 unspecified atom stereocenters. The highest BCUT2D eigenvalue weighted by atomic mass is 16.6. The lowest BCUT2D eigenvalue weighted by atomic mass is 9.92. The second-order valence-electron chi connectivity index (χ2n) is 6.32. The van der Waals surface area contributed by atoms with E-state index in [4.69, 9.17) is 9.47 Å². The first-order chi connectivity index (χ1) is 10.3. The van der Waals surface area contributed by atoms with Crippen LogP contribution in [0.15, 0.2) is 24.5 Å².